The summed E-state index contributed by atoms with van der Waals surface area (Å²) < 4.78 is 0. The molecule has 0 aliphatic carbocycles. The summed E-state index contributed by atoms with van der Waals surface area (Å²) in [5.74, 6) is 0. The molecule has 0 amide bonds. The summed E-state index contributed by atoms with van der Waals surface area (Å²) >= 11 is 0. The predicted octanol–water partition coefficient (Wildman–Crippen LogP) is 1.99. The van der Waals surface area contributed by atoms with E-state index in [1.54, 1.807) is 0 Å². The first-order valence-corrected chi connectivity index (χ1v) is 0. The molecular formula is Cr6N7Zr6. The zero-order valence-corrected chi connectivity index (χ0v) is 31.0. The first-order valence-electron chi connectivity index (χ1n) is 0. The average molecular weight is 957 g/mol. The minimum Gasteiger partial charge on any atom is -3.00 e. The van der Waals surface area contributed by atoms with Gasteiger partial charge in [0.15, 0.2) is 0 Å². The third-order valence-electron chi connectivity index (χ3n) is 0. The molecule has 3 radical (unpaired) electrons. The Kier molecular flexibility index (Phi) is 3600. The molecule has 0 spiro atoms. The van der Waals surface area contributed by atoms with Gasteiger partial charge in [-0.15, -0.1) is 0 Å². The van der Waals surface area contributed by atoms with Crippen LogP contribution in [0.15, 0.2) is 0 Å². The van der Waals surface area contributed by atoms with E-state index in [1.807, 2.05) is 0 Å². The topological polar surface area (TPSA) is 214 Å². The first-order chi connectivity index (χ1) is 0. The van der Waals surface area contributed by atoms with Crippen LogP contribution in [0.4, 0.5) is 0 Å². The van der Waals surface area contributed by atoms with Crippen molar-refractivity contribution in [3.05, 3.63) is 43.1 Å². The molecule has 0 heterocycles. The van der Waals surface area contributed by atoms with Crippen molar-refractivity contribution in [3.63, 3.8) is 0 Å². The van der Waals surface area contributed by atoms with E-state index >= 15 is 0 Å². The van der Waals surface area contributed by atoms with E-state index in [-0.39, 0.29) is 304 Å². The van der Waals surface area contributed by atoms with Crippen LogP contribution in [-0.4, -0.2) is 0 Å². The summed E-state index contributed by atoms with van der Waals surface area (Å²) in [6.07, 6.45) is 0. The number of hydrogen-bond acceptors (Lipinski definition) is 0. The van der Waals surface area contributed by atoms with Crippen molar-refractivity contribution in [1.29, 1.82) is 0 Å². The van der Waals surface area contributed by atoms with Crippen molar-refractivity contribution in [3.8, 4) is 0 Å². The zero-order valence-electron chi connectivity index (χ0n) is 8.58. The Labute approximate surface area is 297 Å². The van der Waals surface area contributed by atoms with Crippen LogP contribution in [-0.2, 0) is 261 Å². The molecular weight excluding hydrogens is 957 g/mol. The van der Waals surface area contributed by atoms with Crippen molar-refractivity contribution in [1.82, 2.24) is 0 Å². The molecule has 0 bridgehead atoms. The number of nitrogens with zero attached hydrogens (tertiary/aromatic N) is 7. The van der Waals surface area contributed by atoms with Gasteiger partial charge in [-0.2, -0.15) is 0 Å². The minimum atomic E-state index is 0. The Morgan fingerprint density at radius 3 is 0.263 bits per heavy atom. The van der Waals surface area contributed by atoms with Crippen molar-refractivity contribution >= 4 is 0 Å². The van der Waals surface area contributed by atoms with Crippen molar-refractivity contribution in [2.75, 3.05) is 0 Å². The van der Waals surface area contributed by atoms with Gasteiger partial charge in [-0.05, 0) is 0 Å². The number of hydrogen-bond donors (Lipinski definition) is 0. The summed E-state index contributed by atoms with van der Waals surface area (Å²) in [7, 11) is 0. The summed E-state index contributed by atoms with van der Waals surface area (Å²) in [6.45, 7) is 0. The molecule has 0 rings (SSSR count). The fourth-order valence-electron chi connectivity index (χ4n) is 0. The van der Waals surface area contributed by atoms with Gasteiger partial charge in [0, 0.05) is 131 Å². The molecule has 0 aliphatic rings. The standard InChI is InChI=1S/6Cr.7N.6Zr/q;;;3*+3;7*-3;;;;3*+4. The zero-order chi connectivity index (χ0) is 0. The molecule has 19 heavy (non-hydrogen) atoms. The largest absolute Gasteiger partial charge is 4.00 e. The van der Waals surface area contributed by atoms with Gasteiger partial charge < -0.3 is 43.1 Å². The molecule has 0 N–H and O–H groups in total. The normalized spacial score (nSPS) is 0. The van der Waals surface area contributed by atoms with E-state index in [1.165, 1.54) is 0 Å². The van der Waals surface area contributed by atoms with E-state index in [9.17, 15) is 0 Å². The second-order valence-electron chi connectivity index (χ2n) is 0. The van der Waals surface area contributed by atoms with Gasteiger partial charge >= 0.3 is 131 Å². The van der Waals surface area contributed by atoms with Crippen LogP contribution < -0.4 is 0 Å². The maximum atomic E-state index is 0. The molecule has 19 heteroatoms. The Hall–Kier alpha value is 8.21. The van der Waals surface area contributed by atoms with E-state index in [2.05, 4.69) is 0 Å². The van der Waals surface area contributed by atoms with Crippen LogP contribution in [0.25, 0.3) is 43.1 Å². The molecule has 0 aromatic carbocycles. The van der Waals surface area contributed by atoms with Gasteiger partial charge in [0.25, 0.3) is 0 Å². The first kappa shape index (κ1) is 277. The molecule has 0 aromatic rings. The molecule has 0 saturated heterocycles. The molecule has 7 nitrogen and oxygen atoms in total. The van der Waals surface area contributed by atoms with Gasteiger partial charge in [-0.3, -0.25) is 0 Å². The summed E-state index contributed by atoms with van der Waals surface area (Å²) in [6, 6.07) is 0. The van der Waals surface area contributed by atoms with Crippen LogP contribution in [0.5, 0.6) is 0 Å². The molecule has 0 aliphatic heterocycles. The Bertz CT molecular complexity index is 30.0. The Balaban J connectivity index is 0. The SMILES string of the molecule is [Cr+3].[Cr+3].[Cr+3].[Cr].[Cr].[Cr].[N-3].[N-3].[N-3].[N-3].[N-3].[N-3].[N-3].[Zr+4].[Zr+4].[Zr+4].[Zr].[Zr].[Zr]. The van der Waals surface area contributed by atoms with Gasteiger partial charge in [0.2, 0.25) is 0 Å². The van der Waals surface area contributed by atoms with Crippen molar-refractivity contribution < 1.29 is 261 Å². The summed E-state index contributed by atoms with van der Waals surface area (Å²) in [4.78, 5) is 0. The molecule has 0 saturated carbocycles. The fourth-order valence-corrected chi connectivity index (χ4v) is 0. The van der Waals surface area contributed by atoms with Crippen LogP contribution in [0.3, 0.4) is 0 Å². The van der Waals surface area contributed by atoms with E-state index in [0.29, 0.717) is 0 Å². The van der Waals surface area contributed by atoms with E-state index in [4.69, 9.17) is 0 Å². The van der Waals surface area contributed by atoms with Crippen molar-refractivity contribution in [2.45, 2.75) is 0 Å². The molecule has 0 unspecified atom stereocenters. The van der Waals surface area contributed by atoms with Gasteiger partial charge in [0.1, 0.15) is 0 Å². The third-order valence-corrected chi connectivity index (χ3v) is 0. The fraction of sp³-hybridized carbons (Fsp3) is 0. The van der Waals surface area contributed by atoms with Crippen LogP contribution in [0, 0.1) is 0 Å². The Morgan fingerprint density at radius 1 is 0.263 bits per heavy atom. The maximum Gasteiger partial charge on any atom is 4.00 e. The van der Waals surface area contributed by atoms with Crippen molar-refractivity contribution in [2.24, 2.45) is 0 Å². The maximum absolute atomic E-state index is 0. The molecule has 0 fully saturated rings. The van der Waals surface area contributed by atoms with Gasteiger partial charge in [-0.25, -0.2) is 0 Å². The Morgan fingerprint density at radius 2 is 0.263 bits per heavy atom. The second kappa shape index (κ2) is 247. The van der Waals surface area contributed by atoms with Gasteiger partial charge in [0.05, 0.1) is 0 Å². The van der Waals surface area contributed by atoms with Crippen LogP contribution >= 0.6 is 0 Å². The van der Waals surface area contributed by atoms with Crippen LogP contribution in [0.1, 0.15) is 0 Å². The smallest absolute Gasteiger partial charge is 3.00 e. The minimum absolute atomic E-state index is 0. The van der Waals surface area contributed by atoms with Gasteiger partial charge in [-0.1, -0.05) is 0 Å². The summed E-state index contributed by atoms with van der Waals surface area (Å²) in [5, 5.41) is 0. The molecule has 0 atom stereocenters. The quantitative estimate of drug-likeness (QED) is 0.341. The molecule has 0 aromatic heterocycles. The number of rotatable bonds is 0. The van der Waals surface area contributed by atoms with E-state index < -0.39 is 0 Å². The van der Waals surface area contributed by atoms with Crippen LogP contribution in [0.2, 0.25) is 0 Å². The third kappa shape index (κ3) is 228. The molecule has 95 valence electrons. The summed E-state index contributed by atoms with van der Waals surface area (Å²) in [5.41, 5.74) is 0. The van der Waals surface area contributed by atoms with E-state index in [0.717, 1.165) is 0 Å². The predicted molar refractivity (Wildman–Crippen MR) is 23.5 cm³/mol. The monoisotopic (exact) mass is 949 g/mol. The average Bonchev–Trinajstić information content (AvgIpc) is 0. The second-order valence-corrected chi connectivity index (χ2v) is 0.